The van der Waals surface area contributed by atoms with Gasteiger partial charge in [0.25, 0.3) is 0 Å². The van der Waals surface area contributed by atoms with Gasteiger partial charge in [0.2, 0.25) is 0 Å². The second-order valence-corrected chi connectivity index (χ2v) is 17.2. The number of aromatic nitrogens is 2. The number of rotatable bonds is 10. The predicted octanol–water partition coefficient (Wildman–Crippen LogP) is 1.71. The van der Waals surface area contributed by atoms with Crippen molar-refractivity contribution in [3.05, 3.63) is 69.6 Å². The lowest BCUT2D eigenvalue weighted by Crippen LogP contribution is -2.64. The Bertz CT molecular complexity index is 1930. The van der Waals surface area contributed by atoms with Gasteiger partial charge in [-0.2, -0.15) is 0 Å². The first-order chi connectivity index (χ1) is 24.6. The van der Waals surface area contributed by atoms with Gasteiger partial charge in [-0.25, -0.2) is 23.9 Å². The van der Waals surface area contributed by atoms with Crippen molar-refractivity contribution in [1.82, 2.24) is 20.6 Å². The first-order valence-corrected chi connectivity index (χ1v) is 19.4. The molecule has 3 unspecified atom stereocenters. The van der Waals surface area contributed by atoms with Crippen molar-refractivity contribution in [2.45, 2.75) is 105 Å². The summed E-state index contributed by atoms with van der Waals surface area (Å²) in [5.41, 5.74) is 3.40. The van der Waals surface area contributed by atoms with Crippen LogP contribution in [0.1, 0.15) is 66.7 Å². The molecule has 3 heterocycles. The van der Waals surface area contributed by atoms with Crippen LogP contribution in [-0.4, -0.2) is 90.5 Å². The molecule has 7 atom stereocenters. The lowest BCUT2D eigenvalue weighted by atomic mass is 9.90. The number of nitrogens with one attached hydrogen (secondary N) is 3. The zero-order valence-electron chi connectivity index (χ0n) is 29.1. The minimum Gasteiger partial charge on any atom is -0.394 e. The van der Waals surface area contributed by atoms with Gasteiger partial charge in [0, 0.05) is 11.1 Å². The number of thiazole rings is 1. The van der Waals surface area contributed by atoms with Crippen LogP contribution in [0.25, 0.3) is 0 Å². The average molecular weight is 760 g/mol. The minimum absolute atomic E-state index is 0.0374. The number of aliphatic hydroxyl groups excluding tert-OH is 3. The molecule has 3 aliphatic rings. The van der Waals surface area contributed by atoms with Gasteiger partial charge in [0.1, 0.15) is 39.2 Å². The van der Waals surface area contributed by atoms with Crippen molar-refractivity contribution in [3.63, 3.8) is 0 Å². The molecule has 18 heteroatoms. The van der Waals surface area contributed by atoms with Crippen LogP contribution < -0.4 is 21.1 Å². The third kappa shape index (κ3) is 7.99. The molecule has 0 radical (unpaired) electrons. The molecule has 1 aromatic carbocycles. The van der Waals surface area contributed by atoms with Gasteiger partial charge in [0.15, 0.2) is 16.1 Å². The fraction of sp³-hybridized carbons (Fsp3) is 0.529. The molecule has 2 aliphatic carbocycles. The van der Waals surface area contributed by atoms with Crippen molar-refractivity contribution >= 4 is 39.0 Å². The lowest BCUT2D eigenvalue weighted by Gasteiger charge is -2.42. The predicted molar refractivity (Wildman–Crippen MR) is 191 cm³/mol. The summed E-state index contributed by atoms with van der Waals surface area (Å²) in [6.07, 6.45) is -1.32. The van der Waals surface area contributed by atoms with E-state index in [0.29, 0.717) is 5.69 Å². The molecular weight excluding hydrogens is 715 g/mol. The summed E-state index contributed by atoms with van der Waals surface area (Å²) in [7, 11) is -3.77. The fourth-order valence-corrected chi connectivity index (χ4v) is 8.86. The number of benzene rings is 1. The first kappa shape index (κ1) is 38.1. The minimum atomic E-state index is -3.77. The SMILES string of the molecule is CC1(C)CCc2c1nc1c(c2NC(=O)N=S(N)(=O)c2cnc(C(C)(O)CNC(=O)NC3O[C@H](CO)[C@@H](O)[C@H](OCc4ccccc4)[C@H]3O)s2)CCC1. The zero-order valence-corrected chi connectivity index (χ0v) is 30.7. The maximum Gasteiger partial charge on any atom is 0.354 e. The van der Waals surface area contributed by atoms with Crippen molar-refractivity contribution in [3.8, 4) is 0 Å². The number of amides is 4. The van der Waals surface area contributed by atoms with Gasteiger partial charge in [-0.1, -0.05) is 44.2 Å². The number of pyridine rings is 1. The Hall–Kier alpha value is -3.59. The van der Waals surface area contributed by atoms with Crippen molar-refractivity contribution < 1.29 is 43.7 Å². The molecule has 52 heavy (non-hydrogen) atoms. The lowest BCUT2D eigenvalue weighted by molar-refractivity contribution is -0.247. The van der Waals surface area contributed by atoms with E-state index in [4.69, 9.17) is 19.6 Å². The number of carbonyl (C=O) groups is 2. The summed E-state index contributed by atoms with van der Waals surface area (Å²) < 4.78 is 28.6. The summed E-state index contributed by atoms with van der Waals surface area (Å²) in [5.74, 6) is 0. The largest absolute Gasteiger partial charge is 0.394 e. The molecule has 282 valence electrons. The number of nitrogens with two attached hydrogens (primary N) is 1. The van der Waals surface area contributed by atoms with Crippen molar-refractivity contribution in [2.75, 3.05) is 18.5 Å². The van der Waals surface area contributed by atoms with Crippen LogP contribution in [0.2, 0.25) is 0 Å². The summed E-state index contributed by atoms with van der Waals surface area (Å²) in [4.78, 5) is 35.1. The number of carbonyl (C=O) groups excluding carboxylic acids is 2. The van der Waals surface area contributed by atoms with Gasteiger partial charge in [-0.05, 0) is 55.7 Å². The number of hydrogen-bond donors (Lipinski definition) is 8. The maximum atomic E-state index is 13.5. The van der Waals surface area contributed by atoms with E-state index < -0.39 is 71.4 Å². The zero-order chi connectivity index (χ0) is 37.4. The molecule has 1 aliphatic heterocycles. The Morgan fingerprint density at radius 3 is 2.65 bits per heavy atom. The van der Waals surface area contributed by atoms with Crippen LogP contribution in [0.3, 0.4) is 0 Å². The van der Waals surface area contributed by atoms with Gasteiger partial charge < -0.3 is 45.9 Å². The number of fused-ring (bicyclic) bond motifs is 2. The molecule has 1 fully saturated rings. The van der Waals surface area contributed by atoms with Gasteiger partial charge in [0.05, 0.1) is 37.3 Å². The molecule has 16 nitrogen and oxygen atoms in total. The number of hydrogen-bond acceptors (Lipinski definition) is 12. The van der Waals surface area contributed by atoms with E-state index >= 15 is 0 Å². The summed E-state index contributed by atoms with van der Waals surface area (Å²) in [5, 5.41) is 56.3. The smallest absolute Gasteiger partial charge is 0.354 e. The Labute approximate surface area is 305 Å². The van der Waals surface area contributed by atoms with Crippen molar-refractivity contribution in [2.24, 2.45) is 9.50 Å². The average Bonchev–Trinajstić information content (AvgIpc) is 3.86. The number of aryl methyl sites for hydroxylation is 1. The number of urea groups is 2. The molecule has 2 aromatic heterocycles. The molecule has 1 saturated heterocycles. The van der Waals surface area contributed by atoms with E-state index in [1.807, 2.05) is 18.2 Å². The van der Waals surface area contributed by atoms with Crippen LogP contribution in [0.4, 0.5) is 15.3 Å². The topological polar surface area (TPSA) is 251 Å². The monoisotopic (exact) mass is 759 g/mol. The van der Waals surface area contributed by atoms with Gasteiger partial charge in [-0.3, -0.25) is 4.98 Å². The second kappa shape index (κ2) is 15.0. The van der Waals surface area contributed by atoms with Crippen LogP contribution in [-0.2, 0) is 56.3 Å². The van der Waals surface area contributed by atoms with Gasteiger partial charge >= 0.3 is 12.1 Å². The molecule has 4 amide bonds. The normalized spacial score (nSPS) is 25.7. The molecule has 0 saturated carbocycles. The Balaban J connectivity index is 1.08. The van der Waals surface area contributed by atoms with Crippen LogP contribution in [0, 0.1) is 0 Å². The number of nitrogens with zero attached hydrogens (tertiary/aromatic N) is 3. The summed E-state index contributed by atoms with van der Waals surface area (Å²) >= 11 is 0.776. The maximum absolute atomic E-state index is 13.5. The Morgan fingerprint density at radius 2 is 1.92 bits per heavy atom. The highest BCUT2D eigenvalue weighted by atomic mass is 32.2. The molecule has 0 spiro atoms. The number of aliphatic hydroxyl groups is 4. The van der Waals surface area contributed by atoms with E-state index in [9.17, 15) is 34.2 Å². The van der Waals surface area contributed by atoms with E-state index in [-0.39, 0.29) is 21.2 Å². The first-order valence-electron chi connectivity index (χ1n) is 17.0. The standard InChI is InChI=1S/C34H45N7O9S2/c1-33(2)13-12-20-24(19-10-7-11-21(19)38-28(20)33)39-32(46)41-52(35,48)23-14-36-30(51-23)34(3,47)17-37-31(45)40-29-26(44)27(25(43)22(15-42)50-29)49-16-18-8-5-4-6-9-18/h4-6,8-9,14,22,25-27,29,42-44,47H,7,10-13,15-17H2,1-3H3,(H2,37,40,45)(H3,35,38,39,41,46,48)/t22-,25-,26-,27+,29?,34?,52?/m1/s1. The third-order valence-corrected chi connectivity index (χ3v) is 12.8. The Morgan fingerprint density at radius 1 is 1.17 bits per heavy atom. The van der Waals surface area contributed by atoms with Crippen LogP contribution >= 0.6 is 11.3 Å². The quantitative estimate of drug-likeness (QED) is 0.148. The van der Waals surface area contributed by atoms with Crippen molar-refractivity contribution in [1.29, 1.82) is 0 Å². The van der Waals surface area contributed by atoms with E-state index in [1.165, 1.54) is 13.1 Å². The molecular formula is C34H45N7O9S2. The highest BCUT2D eigenvalue weighted by Gasteiger charge is 2.46. The number of anilines is 1. The summed E-state index contributed by atoms with van der Waals surface area (Å²) in [6.45, 7) is 4.66. The molecule has 3 aromatic rings. The van der Waals surface area contributed by atoms with Crippen LogP contribution in [0.5, 0.6) is 0 Å². The Kier molecular flexibility index (Phi) is 11.0. The number of ether oxygens (including phenoxy) is 2. The third-order valence-electron chi connectivity index (χ3n) is 9.67. The van der Waals surface area contributed by atoms with E-state index in [2.05, 4.69) is 39.1 Å². The summed E-state index contributed by atoms with van der Waals surface area (Å²) in [6, 6.07) is 7.34. The second-order valence-electron chi connectivity index (χ2n) is 14.2. The molecule has 0 bridgehead atoms. The van der Waals surface area contributed by atoms with E-state index in [0.717, 1.165) is 71.5 Å². The fourth-order valence-electron chi connectivity index (χ4n) is 6.75. The molecule has 6 rings (SSSR count). The van der Waals surface area contributed by atoms with Gasteiger partial charge in [-0.15, -0.1) is 15.7 Å². The van der Waals surface area contributed by atoms with Crippen LogP contribution in [0.15, 0.2) is 45.1 Å². The molecule has 9 N–H and O–H groups in total. The highest BCUT2D eigenvalue weighted by molar-refractivity contribution is 7.93. The van der Waals surface area contributed by atoms with E-state index in [1.54, 1.807) is 12.1 Å². The highest BCUT2D eigenvalue weighted by Crippen LogP contribution is 2.44.